The van der Waals surface area contributed by atoms with Gasteiger partial charge in [-0.25, -0.2) is 0 Å². The Morgan fingerprint density at radius 1 is 1.14 bits per heavy atom. The highest BCUT2D eigenvalue weighted by Gasteiger charge is 2.29. The van der Waals surface area contributed by atoms with Gasteiger partial charge in [0.2, 0.25) is 0 Å². The summed E-state index contributed by atoms with van der Waals surface area (Å²) in [5.41, 5.74) is 0.943. The second-order valence-corrected chi connectivity index (χ2v) is 4.81. The van der Waals surface area contributed by atoms with Crippen LogP contribution in [0.3, 0.4) is 0 Å². The normalized spacial score (nSPS) is 13.0. The molecule has 0 aliphatic rings. The van der Waals surface area contributed by atoms with Crippen molar-refractivity contribution in [2.24, 2.45) is 0 Å². The van der Waals surface area contributed by atoms with Gasteiger partial charge in [0, 0.05) is 12.6 Å². The van der Waals surface area contributed by atoms with Gasteiger partial charge in [0.15, 0.2) is 18.1 Å². The molecule has 1 atom stereocenters. The Balaban J connectivity index is 2.76. The molecule has 1 aromatic carbocycles. The Hall–Kier alpha value is -1.43. The minimum Gasteiger partial charge on any atom is -0.490 e. The average molecular weight is 305 g/mol. The topological polar surface area (TPSA) is 30.5 Å². The van der Waals surface area contributed by atoms with Crippen LogP contribution in [0.2, 0.25) is 0 Å². The van der Waals surface area contributed by atoms with Gasteiger partial charge in [-0.1, -0.05) is 13.0 Å². The number of alkyl halides is 3. The van der Waals surface area contributed by atoms with Crippen LogP contribution in [0.1, 0.15) is 32.8 Å². The molecule has 0 aromatic heterocycles. The van der Waals surface area contributed by atoms with Gasteiger partial charge in [-0.05, 0) is 38.0 Å². The van der Waals surface area contributed by atoms with E-state index < -0.39 is 12.8 Å². The molecule has 0 spiro atoms. The van der Waals surface area contributed by atoms with Crippen LogP contribution in [0, 0.1) is 0 Å². The molecule has 21 heavy (non-hydrogen) atoms. The molecule has 0 saturated carbocycles. The first-order chi connectivity index (χ1) is 9.85. The average Bonchev–Trinajstić information content (AvgIpc) is 2.43. The van der Waals surface area contributed by atoms with Crippen molar-refractivity contribution in [2.75, 3.05) is 13.2 Å². The number of hydrogen-bond donors (Lipinski definition) is 1. The van der Waals surface area contributed by atoms with E-state index in [2.05, 4.69) is 19.2 Å². The fourth-order valence-corrected chi connectivity index (χ4v) is 1.65. The van der Waals surface area contributed by atoms with Gasteiger partial charge in [-0.15, -0.1) is 0 Å². The number of ether oxygens (including phenoxy) is 2. The highest BCUT2D eigenvalue weighted by Crippen LogP contribution is 2.30. The van der Waals surface area contributed by atoms with E-state index >= 15 is 0 Å². The summed E-state index contributed by atoms with van der Waals surface area (Å²) >= 11 is 0. The van der Waals surface area contributed by atoms with Crippen molar-refractivity contribution >= 4 is 0 Å². The highest BCUT2D eigenvalue weighted by atomic mass is 19.4. The van der Waals surface area contributed by atoms with Crippen LogP contribution >= 0.6 is 0 Å². The molecule has 1 aromatic rings. The fourth-order valence-electron chi connectivity index (χ4n) is 1.65. The van der Waals surface area contributed by atoms with Crippen molar-refractivity contribution in [3.63, 3.8) is 0 Å². The first-order valence-electron chi connectivity index (χ1n) is 7.04. The van der Waals surface area contributed by atoms with Crippen molar-refractivity contribution in [1.29, 1.82) is 0 Å². The van der Waals surface area contributed by atoms with Crippen LogP contribution < -0.4 is 14.8 Å². The van der Waals surface area contributed by atoms with E-state index in [0.717, 1.165) is 12.0 Å². The second kappa shape index (κ2) is 8.12. The Morgan fingerprint density at radius 3 is 2.43 bits per heavy atom. The van der Waals surface area contributed by atoms with Crippen LogP contribution in [0.5, 0.6) is 11.5 Å². The standard InChI is InChI=1S/C15H22F3NO2/c1-4-11(3)19-9-12-6-7-13(14(8-12)20-5-2)21-10-15(16,17)18/h6-8,11,19H,4-5,9-10H2,1-3H3. The van der Waals surface area contributed by atoms with Crippen molar-refractivity contribution in [2.45, 2.75) is 46.0 Å². The lowest BCUT2D eigenvalue weighted by Gasteiger charge is -2.16. The van der Waals surface area contributed by atoms with Gasteiger partial charge < -0.3 is 14.8 Å². The third kappa shape index (κ3) is 6.71. The molecule has 1 unspecified atom stereocenters. The Labute approximate surface area is 123 Å². The number of benzene rings is 1. The summed E-state index contributed by atoms with van der Waals surface area (Å²) in [6, 6.07) is 5.35. The molecule has 0 aliphatic carbocycles. The van der Waals surface area contributed by atoms with Crippen LogP contribution in [0.25, 0.3) is 0 Å². The summed E-state index contributed by atoms with van der Waals surface area (Å²) in [4.78, 5) is 0. The SMILES string of the molecule is CCOc1cc(CNC(C)CC)ccc1OCC(F)(F)F. The maximum absolute atomic E-state index is 12.2. The van der Waals surface area contributed by atoms with Gasteiger partial charge in [0.05, 0.1) is 6.61 Å². The molecule has 120 valence electrons. The van der Waals surface area contributed by atoms with Gasteiger partial charge in [-0.2, -0.15) is 13.2 Å². The quantitative estimate of drug-likeness (QED) is 0.790. The van der Waals surface area contributed by atoms with E-state index in [-0.39, 0.29) is 5.75 Å². The van der Waals surface area contributed by atoms with E-state index in [1.807, 2.05) is 0 Å². The Morgan fingerprint density at radius 2 is 1.86 bits per heavy atom. The number of hydrogen-bond acceptors (Lipinski definition) is 3. The minimum absolute atomic E-state index is 0.112. The molecule has 0 aliphatic heterocycles. The van der Waals surface area contributed by atoms with Crippen molar-refractivity contribution < 1.29 is 22.6 Å². The lowest BCUT2D eigenvalue weighted by Crippen LogP contribution is -2.24. The largest absolute Gasteiger partial charge is 0.490 e. The summed E-state index contributed by atoms with van der Waals surface area (Å²) < 4.78 is 46.8. The number of rotatable bonds is 8. The molecular weight excluding hydrogens is 283 g/mol. The summed E-state index contributed by atoms with van der Waals surface area (Å²) in [6.07, 6.45) is -3.36. The molecule has 1 N–H and O–H groups in total. The van der Waals surface area contributed by atoms with E-state index in [0.29, 0.717) is 24.9 Å². The maximum atomic E-state index is 12.2. The molecule has 1 rings (SSSR count). The Kier molecular flexibility index (Phi) is 6.81. The fraction of sp³-hybridized carbons (Fsp3) is 0.600. The zero-order valence-electron chi connectivity index (χ0n) is 12.6. The molecule has 0 amide bonds. The summed E-state index contributed by atoms with van der Waals surface area (Å²) in [5.74, 6) is 0.451. The van der Waals surface area contributed by atoms with E-state index in [1.165, 1.54) is 6.07 Å². The maximum Gasteiger partial charge on any atom is 0.422 e. The lowest BCUT2D eigenvalue weighted by atomic mass is 10.1. The molecular formula is C15H22F3NO2. The zero-order chi connectivity index (χ0) is 15.9. The predicted octanol–water partition coefficient (Wildman–Crippen LogP) is 3.91. The van der Waals surface area contributed by atoms with E-state index in [1.54, 1.807) is 19.1 Å². The first-order valence-corrected chi connectivity index (χ1v) is 7.04. The third-order valence-corrected chi connectivity index (χ3v) is 2.97. The predicted molar refractivity (Wildman–Crippen MR) is 75.8 cm³/mol. The molecule has 0 bridgehead atoms. The molecule has 0 radical (unpaired) electrons. The molecule has 3 nitrogen and oxygen atoms in total. The second-order valence-electron chi connectivity index (χ2n) is 4.81. The summed E-state index contributed by atoms with van der Waals surface area (Å²) in [6.45, 7) is 5.61. The molecule has 0 fully saturated rings. The summed E-state index contributed by atoms with van der Waals surface area (Å²) in [7, 11) is 0. The van der Waals surface area contributed by atoms with Crippen LogP contribution in [-0.4, -0.2) is 25.4 Å². The van der Waals surface area contributed by atoms with Gasteiger partial charge >= 0.3 is 6.18 Å². The molecule has 0 heterocycles. The highest BCUT2D eigenvalue weighted by molar-refractivity contribution is 5.43. The monoisotopic (exact) mass is 305 g/mol. The first kappa shape index (κ1) is 17.6. The molecule has 6 heteroatoms. The van der Waals surface area contributed by atoms with Gasteiger partial charge in [0.25, 0.3) is 0 Å². The molecule has 0 saturated heterocycles. The van der Waals surface area contributed by atoms with Crippen LogP contribution in [-0.2, 0) is 6.54 Å². The smallest absolute Gasteiger partial charge is 0.422 e. The summed E-state index contributed by atoms with van der Waals surface area (Å²) in [5, 5.41) is 3.32. The van der Waals surface area contributed by atoms with Crippen molar-refractivity contribution in [3.05, 3.63) is 23.8 Å². The van der Waals surface area contributed by atoms with Crippen molar-refractivity contribution in [3.8, 4) is 11.5 Å². The number of nitrogens with one attached hydrogen (secondary N) is 1. The van der Waals surface area contributed by atoms with Crippen molar-refractivity contribution in [1.82, 2.24) is 5.32 Å². The van der Waals surface area contributed by atoms with Crippen LogP contribution in [0.15, 0.2) is 18.2 Å². The van der Waals surface area contributed by atoms with Gasteiger partial charge in [-0.3, -0.25) is 0 Å². The third-order valence-electron chi connectivity index (χ3n) is 2.97. The Bertz CT molecular complexity index is 435. The number of halogens is 3. The van der Waals surface area contributed by atoms with E-state index in [9.17, 15) is 13.2 Å². The lowest BCUT2D eigenvalue weighted by molar-refractivity contribution is -0.153. The zero-order valence-corrected chi connectivity index (χ0v) is 12.6. The minimum atomic E-state index is -4.36. The van der Waals surface area contributed by atoms with E-state index in [4.69, 9.17) is 9.47 Å². The van der Waals surface area contributed by atoms with Crippen LogP contribution in [0.4, 0.5) is 13.2 Å². The van der Waals surface area contributed by atoms with Gasteiger partial charge in [0.1, 0.15) is 0 Å².